The fourth-order valence-corrected chi connectivity index (χ4v) is 1.64. The van der Waals surface area contributed by atoms with Gasteiger partial charge in [0, 0.05) is 6.21 Å². The average Bonchev–Trinajstić information content (AvgIpc) is 2.49. The molecule has 2 amide bonds. The van der Waals surface area contributed by atoms with Crippen LogP contribution in [-0.4, -0.2) is 12.2 Å². The van der Waals surface area contributed by atoms with Gasteiger partial charge in [-0.1, -0.05) is 54.6 Å². The molecule has 100 valence electrons. The van der Waals surface area contributed by atoms with E-state index in [2.05, 4.69) is 5.10 Å². The van der Waals surface area contributed by atoms with Gasteiger partial charge in [-0.25, -0.2) is 4.79 Å². The molecule has 0 aliphatic rings. The number of nitrogens with two attached hydrogens (primary N) is 1. The summed E-state index contributed by atoms with van der Waals surface area (Å²) in [4.78, 5) is 11.4. The van der Waals surface area contributed by atoms with Crippen molar-refractivity contribution in [2.24, 2.45) is 10.8 Å². The lowest BCUT2D eigenvalue weighted by Gasteiger charge is -2.13. The third kappa shape index (κ3) is 3.81. The first-order valence-electron chi connectivity index (χ1n) is 6.17. The van der Waals surface area contributed by atoms with Crippen molar-refractivity contribution in [3.8, 4) is 0 Å². The van der Waals surface area contributed by atoms with Gasteiger partial charge in [-0.3, -0.25) is 0 Å². The Kier molecular flexibility index (Phi) is 4.67. The Morgan fingerprint density at radius 3 is 2.20 bits per heavy atom. The Hall–Kier alpha value is -2.88. The van der Waals surface area contributed by atoms with Gasteiger partial charge in [-0.05, 0) is 23.8 Å². The first-order chi connectivity index (χ1) is 9.77. The van der Waals surface area contributed by atoms with E-state index in [1.807, 2.05) is 54.6 Å². The van der Waals surface area contributed by atoms with E-state index in [0.717, 1.165) is 10.6 Å². The van der Waals surface area contributed by atoms with Crippen molar-refractivity contribution >= 4 is 24.0 Å². The van der Waals surface area contributed by atoms with E-state index in [-0.39, 0.29) is 0 Å². The van der Waals surface area contributed by atoms with Gasteiger partial charge in [-0.2, -0.15) is 10.1 Å². The molecule has 2 aromatic rings. The van der Waals surface area contributed by atoms with Crippen LogP contribution in [0, 0.1) is 0 Å². The minimum atomic E-state index is -0.624. The van der Waals surface area contributed by atoms with Gasteiger partial charge < -0.3 is 5.73 Å². The van der Waals surface area contributed by atoms with Crippen molar-refractivity contribution in [2.75, 3.05) is 5.01 Å². The standard InChI is InChI=1S/C16H15N3O/c17-16(20)19(15-11-5-2-6-12-15)18-13-7-10-14-8-3-1-4-9-14/h1-13H,(H2,17,20)/b10-7?,18-13+. The van der Waals surface area contributed by atoms with E-state index in [0.29, 0.717) is 5.69 Å². The molecule has 0 aromatic heterocycles. The van der Waals surface area contributed by atoms with Gasteiger partial charge in [0.05, 0.1) is 5.69 Å². The molecule has 0 unspecified atom stereocenters. The number of allylic oxidation sites excluding steroid dienone is 1. The summed E-state index contributed by atoms with van der Waals surface area (Å²) in [6.07, 6.45) is 5.19. The van der Waals surface area contributed by atoms with Crippen LogP contribution in [-0.2, 0) is 0 Å². The molecule has 2 N–H and O–H groups in total. The largest absolute Gasteiger partial charge is 0.350 e. The van der Waals surface area contributed by atoms with Crippen molar-refractivity contribution < 1.29 is 4.79 Å². The lowest BCUT2D eigenvalue weighted by molar-refractivity contribution is 0.254. The second-order valence-electron chi connectivity index (χ2n) is 4.02. The predicted molar refractivity (Wildman–Crippen MR) is 82.5 cm³/mol. The Bertz CT molecular complexity index is 606. The number of hydrogen-bond donors (Lipinski definition) is 1. The summed E-state index contributed by atoms with van der Waals surface area (Å²) < 4.78 is 0. The highest BCUT2D eigenvalue weighted by Gasteiger charge is 2.08. The lowest BCUT2D eigenvalue weighted by atomic mass is 10.2. The molecule has 4 heteroatoms. The molecule has 0 saturated carbocycles. The molecular weight excluding hydrogens is 250 g/mol. The molecule has 0 aliphatic carbocycles. The van der Waals surface area contributed by atoms with Crippen LogP contribution in [0.3, 0.4) is 0 Å². The van der Waals surface area contributed by atoms with E-state index in [1.165, 1.54) is 6.21 Å². The van der Waals surface area contributed by atoms with Crippen LogP contribution >= 0.6 is 0 Å². The van der Waals surface area contributed by atoms with Gasteiger partial charge >= 0.3 is 6.03 Å². The number of rotatable bonds is 4. The van der Waals surface area contributed by atoms with Gasteiger partial charge in [-0.15, -0.1) is 0 Å². The van der Waals surface area contributed by atoms with Crippen molar-refractivity contribution in [1.29, 1.82) is 0 Å². The Morgan fingerprint density at radius 1 is 1.00 bits per heavy atom. The van der Waals surface area contributed by atoms with Gasteiger partial charge in [0.15, 0.2) is 0 Å². The smallest absolute Gasteiger partial charge is 0.340 e. The van der Waals surface area contributed by atoms with E-state index in [1.54, 1.807) is 18.2 Å². The van der Waals surface area contributed by atoms with Crippen LogP contribution in [0.25, 0.3) is 6.08 Å². The third-order valence-corrected chi connectivity index (χ3v) is 2.57. The van der Waals surface area contributed by atoms with Crippen LogP contribution in [0.5, 0.6) is 0 Å². The molecule has 0 fully saturated rings. The summed E-state index contributed by atoms with van der Waals surface area (Å²) in [6, 6.07) is 18.2. The topological polar surface area (TPSA) is 58.7 Å². The quantitative estimate of drug-likeness (QED) is 0.669. The van der Waals surface area contributed by atoms with Crippen molar-refractivity contribution in [1.82, 2.24) is 0 Å². The molecule has 4 nitrogen and oxygen atoms in total. The Labute approximate surface area is 117 Å². The minimum absolute atomic E-state index is 0.624. The van der Waals surface area contributed by atoms with Crippen molar-refractivity contribution in [2.45, 2.75) is 0 Å². The number of carbonyl (C=O) groups excluding carboxylic acids is 1. The normalized spacial score (nSPS) is 11.0. The van der Waals surface area contributed by atoms with E-state index in [9.17, 15) is 4.79 Å². The molecule has 20 heavy (non-hydrogen) atoms. The maximum absolute atomic E-state index is 11.4. The monoisotopic (exact) mass is 265 g/mol. The molecule has 0 heterocycles. The highest BCUT2D eigenvalue weighted by Crippen LogP contribution is 2.12. The van der Waals surface area contributed by atoms with Gasteiger partial charge in [0.25, 0.3) is 0 Å². The molecule has 0 radical (unpaired) electrons. The maximum atomic E-state index is 11.4. The zero-order valence-corrected chi connectivity index (χ0v) is 10.9. The summed E-state index contributed by atoms with van der Waals surface area (Å²) in [5.41, 5.74) is 7.00. The number of carbonyl (C=O) groups is 1. The first-order valence-corrected chi connectivity index (χ1v) is 6.17. The van der Waals surface area contributed by atoms with Crippen LogP contribution in [0.15, 0.2) is 71.8 Å². The number of nitrogens with zero attached hydrogens (tertiary/aromatic N) is 2. The Balaban J connectivity index is 2.08. The number of urea groups is 1. The van der Waals surface area contributed by atoms with Crippen molar-refractivity contribution in [3.05, 3.63) is 72.3 Å². The van der Waals surface area contributed by atoms with E-state index in [4.69, 9.17) is 5.73 Å². The molecule has 2 aromatic carbocycles. The van der Waals surface area contributed by atoms with Crippen LogP contribution in [0.1, 0.15) is 5.56 Å². The molecule has 2 rings (SSSR count). The number of amides is 2. The fourth-order valence-electron chi connectivity index (χ4n) is 1.64. The lowest BCUT2D eigenvalue weighted by Crippen LogP contribution is -2.31. The zero-order chi connectivity index (χ0) is 14.2. The third-order valence-electron chi connectivity index (χ3n) is 2.57. The molecule has 0 saturated heterocycles. The zero-order valence-electron chi connectivity index (χ0n) is 10.9. The highest BCUT2D eigenvalue weighted by atomic mass is 16.2. The van der Waals surface area contributed by atoms with E-state index >= 15 is 0 Å². The maximum Gasteiger partial charge on any atom is 0.340 e. The number of hydrogen-bond acceptors (Lipinski definition) is 2. The summed E-state index contributed by atoms with van der Waals surface area (Å²) in [7, 11) is 0. The number of primary amides is 1. The molecule has 0 aliphatic heterocycles. The number of anilines is 1. The fraction of sp³-hybridized carbons (Fsp3) is 0. The van der Waals surface area contributed by atoms with Crippen molar-refractivity contribution in [3.63, 3.8) is 0 Å². The number of benzene rings is 2. The van der Waals surface area contributed by atoms with Gasteiger partial charge in [0.2, 0.25) is 0 Å². The Morgan fingerprint density at radius 2 is 1.60 bits per heavy atom. The molecule has 0 atom stereocenters. The highest BCUT2D eigenvalue weighted by molar-refractivity contribution is 5.92. The molecular formula is C16H15N3O. The first kappa shape index (κ1) is 13.5. The molecule has 0 bridgehead atoms. The van der Waals surface area contributed by atoms with Crippen LogP contribution < -0.4 is 10.7 Å². The predicted octanol–water partition coefficient (Wildman–Crippen LogP) is 3.27. The minimum Gasteiger partial charge on any atom is -0.350 e. The summed E-state index contributed by atoms with van der Waals surface area (Å²) >= 11 is 0. The summed E-state index contributed by atoms with van der Waals surface area (Å²) in [6.45, 7) is 0. The van der Waals surface area contributed by atoms with E-state index < -0.39 is 6.03 Å². The second kappa shape index (κ2) is 6.89. The van der Waals surface area contributed by atoms with Crippen LogP contribution in [0.2, 0.25) is 0 Å². The average molecular weight is 265 g/mol. The number of para-hydroxylation sites is 1. The summed E-state index contributed by atoms with van der Waals surface area (Å²) in [5.74, 6) is 0. The van der Waals surface area contributed by atoms with Gasteiger partial charge in [0.1, 0.15) is 0 Å². The number of hydrazone groups is 1. The van der Waals surface area contributed by atoms with Crippen LogP contribution in [0.4, 0.5) is 10.5 Å². The molecule has 0 spiro atoms. The summed E-state index contributed by atoms with van der Waals surface area (Å²) in [5, 5.41) is 5.20. The SMILES string of the molecule is NC(=O)N(/N=C/C=Cc1ccccc1)c1ccccc1. The second-order valence-corrected chi connectivity index (χ2v) is 4.02.